The number of rotatable bonds is 7. The SMILES string of the molecule is CC1(C)O[C@H](CCOCc2ccccc2)C[C@H](CC2CO2)O1. The van der Waals surface area contributed by atoms with Crippen LogP contribution < -0.4 is 0 Å². The number of benzene rings is 1. The summed E-state index contributed by atoms with van der Waals surface area (Å²) in [7, 11) is 0. The van der Waals surface area contributed by atoms with E-state index in [0.29, 0.717) is 19.3 Å². The van der Waals surface area contributed by atoms with Crippen molar-refractivity contribution in [3.8, 4) is 0 Å². The lowest BCUT2D eigenvalue weighted by atomic mass is 10.0. The Labute approximate surface area is 132 Å². The van der Waals surface area contributed by atoms with Gasteiger partial charge in [0.1, 0.15) is 0 Å². The number of epoxide rings is 1. The fraction of sp³-hybridized carbons (Fsp3) is 0.667. The molecule has 0 bridgehead atoms. The smallest absolute Gasteiger partial charge is 0.163 e. The lowest BCUT2D eigenvalue weighted by Gasteiger charge is -2.40. The summed E-state index contributed by atoms with van der Waals surface area (Å²) in [5, 5.41) is 0. The van der Waals surface area contributed by atoms with Crippen molar-refractivity contribution < 1.29 is 18.9 Å². The van der Waals surface area contributed by atoms with Crippen molar-refractivity contribution in [1.29, 1.82) is 0 Å². The van der Waals surface area contributed by atoms with Gasteiger partial charge in [0, 0.05) is 19.4 Å². The van der Waals surface area contributed by atoms with Crippen LogP contribution in [0.2, 0.25) is 0 Å². The largest absolute Gasteiger partial charge is 0.377 e. The van der Waals surface area contributed by atoms with Gasteiger partial charge in [-0.3, -0.25) is 0 Å². The Morgan fingerprint density at radius 2 is 1.82 bits per heavy atom. The highest BCUT2D eigenvalue weighted by Gasteiger charge is 2.38. The van der Waals surface area contributed by atoms with E-state index in [1.54, 1.807) is 0 Å². The minimum absolute atomic E-state index is 0.197. The molecule has 0 aromatic heterocycles. The van der Waals surface area contributed by atoms with Gasteiger partial charge >= 0.3 is 0 Å². The van der Waals surface area contributed by atoms with Crippen LogP contribution in [0.3, 0.4) is 0 Å². The first kappa shape index (κ1) is 15.9. The minimum Gasteiger partial charge on any atom is -0.377 e. The first-order chi connectivity index (χ1) is 10.6. The molecular formula is C18H26O4. The third kappa shape index (κ3) is 5.06. The first-order valence-electron chi connectivity index (χ1n) is 8.20. The van der Waals surface area contributed by atoms with Crippen molar-refractivity contribution in [2.24, 2.45) is 0 Å². The molecule has 0 spiro atoms. The number of hydrogen-bond acceptors (Lipinski definition) is 4. The van der Waals surface area contributed by atoms with Crippen molar-refractivity contribution >= 4 is 0 Å². The van der Waals surface area contributed by atoms with E-state index in [-0.39, 0.29) is 12.2 Å². The van der Waals surface area contributed by atoms with E-state index in [4.69, 9.17) is 18.9 Å². The minimum atomic E-state index is -0.512. The molecule has 122 valence electrons. The highest BCUT2D eigenvalue weighted by molar-refractivity contribution is 5.13. The molecular weight excluding hydrogens is 280 g/mol. The Hall–Kier alpha value is -0.940. The summed E-state index contributed by atoms with van der Waals surface area (Å²) in [5.74, 6) is -0.512. The molecule has 1 aromatic carbocycles. The van der Waals surface area contributed by atoms with Crippen molar-refractivity contribution in [3.05, 3.63) is 35.9 Å². The summed E-state index contributed by atoms with van der Waals surface area (Å²) in [6.07, 6.45) is 3.64. The molecule has 1 unspecified atom stereocenters. The van der Waals surface area contributed by atoms with Gasteiger partial charge < -0.3 is 18.9 Å². The highest BCUT2D eigenvalue weighted by Crippen LogP contribution is 2.32. The molecule has 3 rings (SSSR count). The quantitative estimate of drug-likeness (QED) is 0.572. The van der Waals surface area contributed by atoms with E-state index in [2.05, 4.69) is 12.1 Å². The molecule has 22 heavy (non-hydrogen) atoms. The zero-order chi connectivity index (χ0) is 15.4. The maximum absolute atomic E-state index is 6.02. The van der Waals surface area contributed by atoms with E-state index in [9.17, 15) is 0 Å². The van der Waals surface area contributed by atoms with Crippen molar-refractivity contribution in [2.75, 3.05) is 13.2 Å². The molecule has 2 heterocycles. The van der Waals surface area contributed by atoms with E-state index < -0.39 is 5.79 Å². The van der Waals surface area contributed by atoms with Gasteiger partial charge in [-0.15, -0.1) is 0 Å². The van der Waals surface area contributed by atoms with Crippen molar-refractivity contribution in [3.63, 3.8) is 0 Å². The van der Waals surface area contributed by atoms with Crippen LogP contribution >= 0.6 is 0 Å². The van der Waals surface area contributed by atoms with E-state index >= 15 is 0 Å². The second-order valence-electron chi connectivity index (χ2n) is 6.63. The monoisotopic (exact) mass is 306 g/mol. The van der Waals surface area contributed by atoms with E-state index in [0.717, 1.165) is 25.9 Å². The van der Waals surface area contributed by atoms with Gasteiger partial charge in [0.15, 0.2) is 5.79 Å². The van der Waals surface area contributed by atoms with Gasteiger partial charge in [-0.05, 0) is 25.8 Å². The number of ether oxygens (including phenoxy) is 4. The molecule has 2 aliphatic heterocycles. The van der Waals surface area contributed by atoms with E-state index in [1.807, 2.05) is 32.0 Å². The molecule has 4 heteroatoms. The topological polar surface area (TPSA) is 40.2 Å². The standard InChI is InChI=1S/C18H26O4/c1-18(2)21-15(10-16(22-18)11-17-13-20-17)8-9-19-12-14-6-4-3-5-7-14/h3-7,15-17H,8-13H2,1-2H3/t15-,16-,17?/m1/s1. The van der Waals surface area contributed by atoms with E-state index in [1.165, 1.54) is 5.56 Å². The predicted octanol–water partition coefficient (Wildman–Crippen LogP) is 3.29. The molecule has 4 nitrogen and oxygen atoms in total. The van der Waals surface area contributed by atoms with Gasteiger partial charge in [-0.25, -0.2) is 0 Å². The molecule has 0 saturated carbocycles. The van der Waals surface area contributed by atoms with Crippen molar-refractivity contribution in [2.45, 2.75) is 63.8 Å². The summed E-state index contributed by atoms with van der Waals surface area (Å²) in [5.41, 5.74) is 1.21. The van der Waals surface area contributed by atoms with Crippen LogP contribution in [0.4, 0.5) is 0 Å². The third-order valence-corrected chi connectivity index (χ3v) is 4.05. The van der Waals surface area contributed by atoms with Crippen LogP contribution in [-0.2, 0) is 25.6 Å². The molecule has 2 fully saturated rings. The zero-order valence-corrected chi connectivity index (χ0v) is 13.5. The predicted molar refractivity (Wildman–Crippen MR) is 83.5 cm³/mol. The lowest BCUT2D eigenvalue weighted by molar-refractivity contribution is -0.302. The molecule has 2 saturated heterocycles. The van der Waals surface area contributed by atoms with Gasteiger partial charge in [-0.1, -0.05) is 30.3 Å². The number of hydrogen-bond donors (Lipinski definition) is 0. The van der Waals surface area contributed by atoms with Crippen LogP contribution in [-0.4, -0.2) is 37.3 Å². The summed E-state index contributed by atoms with van der Waals surface area (Å²) < 4.78 is 23.1. The summed E-state index contributed by atoms with van der Waals surface area (Å²) in [6, 6.07) is 10.3. The van der Waals surface area contributed by atoms with Crippen LogP contribution in [0.5, 0.6) is 0 Å². The Morgan fingerprint density at radius 3 is 2.55 bits per heavy atom. The van der Waals surface area contributed by atoms with Crippen molar-refractivity contribution in [1.82, 2.24) is 0 Å². The first-order valence-corrected chi connectivity index (χ1v) is 8.20. The Kier molecular flexibility index (Phi) is 5.14. The average molecular weight is 306 g/mol. The van der Waals surface area contributed by atoms with Crippen LogP contribution in [0.25, 0.3) is 0 Å². The van der Waals surface area contributed by atoms with Crippen LogP contribution in [0.15, 0.2) is 30.3 Å². The summed E-state index contributed by atoms with van der Waals surface area (Å²) in [4.78, 5) is 0. The Morgan fingerprint density at radius 1 is 1.09 bits per heavy atom. The fourth-order valence-corrected chi connectivity index (χ4v) is 3.02. The third-order valence-electron chi connectivity index (χ3n) is 4.05. The second-order valence-corrected chi connectivity index (χ2v) is 6.63. The van der Waals surface area contributed by atoms with Gasteiger partial charge in [0.2, 0.25) is 0 Å². The lowest BCUT2D eigenvalue weighted by Crippen LogP contribution is -2.45. The normalized spacial score (nSPS) is 30.2. The molecule has 2 aliphatic rings. The molecule has 3 atom stereocenters. The maximum atomic E-state index is 6.02. The summed E-state index contributed by atoms with van der Waals surface area (Å²) in [6.45, 7) is 6.23. The van der Waals surface area contributed by atoms with Crippen LogP contribution in [0.1, 0.15) is 38.7 Å². The van der Waals surface area contributed by atoms with Gasteiger partial charge in [0.25, 0.3) is 0 Å². The molecule has 0 aliphatic carbocycles. The maximum Gasteiger partial charge on any atom is 0.163 e. The van der Waals surface area contributed by atoms with Gasteiger partial charge in [-0.2, -0.15) is 0 Å². The molecule has 0 radical (unpaired) electrons. The van der Waals surface area contributed by atoms with Crippen LogP contribution in [0, 0.1) is 0 Å². The fourth-order valence-electron chi connectivity index (χ4n) is 3.02. The summed E-state index contributed by atoms with van der Waals surface area (Å²) >= 11 is 0. The average Bonchev–Trinajstić information content (AvgIpc) is 3.27. The Bertz CT molecular complexity index is 455. The molecule has 1 aromatic rings. The molecule has 0 amide bonds. The zero-order valence-electron chi connectivity index (χ0n) is 13.5. The highest BCUT2D eigenvalue weighted by atomic mass is 16.7. The molecule has 0 N–H and O–H groups in total. The Balaban J connectivity index is 1.40. The van der Waals surface area contributed by atoms with Gasteiger partial charge in [0.05, 0.1) is 31.5 Å². The second kappa shape index (κ2) is 7.09.